The van der Waals surface area contributed by atoms with Gasteiger partial charge in [-0.15, -0.1) is 0 Å². The molecule has 1 N–H and O–H groups in total. The number of ether oxygens (including phenoxy) is 1. The second kappa shape index (κ2) is 8.15. The lowest BCUT2D eigenvalue weighted by atomic mass is 9.68. The van der Waals surface area contributed by atoms with Crippen molar-refractivity contribution >= 4 is 5.97 Å². The van der Waals surface area contributed by atoms with Gasteiger partial charge >= 0.3 is 5.97 Å². The number of carbonyl (C=O) groups excluding carboxylic acids is 1. The maximum Gasteiger partial charge on any atom is 0.313 e. The van der Waals surface area contributed by atoms with E-state index in [1.165, 1.54) is 31.2 Å². The molecule has 0 amide bonds. The summed E-state index contributed by atoms with van der Waals surface area (Å²) < 4.78 is 5.28. The lowest BCUT2D eigenvalue weighted by molar-refractivity contribution is -0.160. The fourth-order valence-corrected chi connectivity index (χ4v) is 4.28. The first-order valence-electron chi connectivity index (χ1n) is 9.66. The van der Waals surface area contributed by atoms with Gasteiger partial charge in [0, 0.05) is 6.54 Å². The Labute approximate surface area is 146 Å². The molecule has 2 fully saturated rings. The molecular formula is C21H31NO2. The molecule has 3 nitrogen and oxygen atoms in total. The zero-order chi connectivity index (χ0) is 16.8. The van der Waals surface area contributed by atoms with Gasteiger partial charge in [-0.2, -0.15) is 0 Å². The minimum absolute atomic E-state index is 0.0107. The Morgan fingerprint density at radius 2 is 1.88 bits per heavy atom. The van der Waals surface area contributed by atoms with Crippen LogP contribution < -0.4 is 5.32 Å². The van der Waals surface area contributed by atoms with Crippen molar-refractivity contribution in [1.82, 2.24) is 5.32 Å². The van der Waals surface area contributed by atoms with Gasteiger partial charge in [0.15, 0.2) is 0 Å². The van der Waals surface area contributed by atoms with Crippen LogP contribution in [0.25, 0.3) is 0 Å². The number of carbonyl (C=O) groups is 1. The van der Waals surface area contributed by atoms with Crippen molar-refractivity contribution in [3.63, 3.8) is 0 Å². The van der Waals surface area contributed by atoms with E-state index in [1.807, 2.05) is 6.92 Å². The predicted molar refractivity (Wildman–Crippen MR) is 96.9 cm³/mol. The standard InChI is InChI=1S/C21H31NO2/c1-2-24-20(23)21(13-6-14-21)16-22-15-17-9-11-19(12-10-17)18-7-4-3-5-8-18/h3-5,7-8,17,19,22H,2,6,9-16H2,1H3. The first-order valence-corrected chi connectivity index (χ1v) is 9.66. The molecule has 0 radical (unpaired) electrons. The van der Waals surface area contributed by atoms with Crippen LogP contribution in [0.1, 0.15) is 63.4 Å². The van der Waals surface area contributed by atoms with Crippen molar-refractivity contribution < 1.29 is 9.53 Å². The predicted octanol–water partition coefficient (Wildman–Crippen LogP) is 4.28. The zero-order valence-electron chi connectivity index (χ0n) is 14.9. The number of rotatable bonds is 7. The molecule has 3 heteroatoms. The summed E-state index contributed by atoms with van der Waals surface area (Å²) >= 11 is 0. The van der Waals surface area contributed by atoms with E-state index in [1.54, 1.807) is 0 Å². The summed E-state index contributed by atoms with van der Waals surface area (Å²) in [5.74, 6) is 1.50. The number of hydrogen-bond donors (Lipinski definition) is 1. The monoisotopic (exact) mass is 329 g/mol. The Morgan fingerprint density at radius 1 is 1.17 bits per heavy atom. The third-order valence-electron chi connectivity index (χ3n) is 6.03. The van der Waals surface area contributed by atoms with Crippen molar-refractivity contribution in [1.29, 1.82) is 0 Å². The molecular weight excluding hydrogens is 298 g/mol. The van der Waals surface area contributed by atoms with E-state index in [4.69, 9.17) is 4.74 Å². The average molecular weight is 329 g/mol. The first-order chi connectivity index (χ1) is 11.7. The molecule has 0 spiro atoms. The van der Waals surface area contributed by atoms with E-state index in [-0.39, 0.29) is 11.4 Å². The number of nitrogens with one attached hydrogen (secondary N) is 1. The Morgan fingerprint density at radius 3 is 2.46 bits per heavy atom. The summed E-state index contributed by atoms with van der Waals surface area (Å²) in [6, 6.07) is 10.9. The summed E-state index contributed by atoms with van der Waals surface area (Å²) in [5, 5.41) is 3.59. The Kier molecular flexibility index (Phi) is 5.94. The topological polar surface area (TPSA) is 38.3 Å². The highest BCUT2D eigenvalue weighted by atomic mass is 16.5. The molecule has 0 aliphatic heterocycles. The molecule has 2 aliphatic rings. The normalized spacial score (nSPS) is 25.7. The van der Waals surface area contributed by atoms with Crippen LogP contribution >= 0.6 is 0 Å². The Hall–Kier alpha value is -1.35. The number of esters is 1. The Bertz CT molecular complexity index is 516. The van der Waals surface area contributed by atoms with Crippen LogP contribution in [-0.4, -0.2) is 25.7 Å². The summed E-state index contributed by atoms with van der Waals surface area (Å²) in [5.41, 5.74) is 1.27. The summed E-state index contributed by atoms with van der Waals surface area (Å²) in [6.45, 7) is 4.22. The second-order valence-corrected chi connectivity index (χ2v) is 7.61. The largest absolute Gasteiger partial charge is 0.466 e. The highest BCUT2D eigenvalue weighted by Gasteiger charge is 2.45. The van der Waals surface area contributed by atoms with E-state index in [0.29, 0.717) is 6.61 Å². The molecule has 132 valence electrons. The van der Waals surface area contributed by atoms with Gasteiger partial charge in [0.25, 0.3) is 0 Å². The van der Waals surface area contributed by atoms with Crippen LogP contribution in [0.3, 0.4) is 0 Å². The molecule has 2 aliphatic carbocycles. The maximum absolute atomic E-state index is 12.2. The molecule has 1 aromatic rings. The molecule has 0 atom stereocenters. The van der Waals surface area contributed by atoms with Gasteiger partial charge in [-0.3, -0.25) is 4.79 Å². The van der Waals surface area contributed by atoms with E-state index >= 15 is 0 Å². The summed E-state index contributed by atoms with van der Waals surface area (Å²) in [7, 11) is 0. The van der Waals surface area contributed by atoms with E-state index in [9.17, 15) is 4.79 Å². The van der Waals surface area contributed by atoms with Crippen molar-refractivity contribution in [2.45, 2.75) is 57.8 Å². The third-order valence-corrected chi connectivity index (χ3v) is 6.03. The second-order valence-electron chi connectivity index (χ2n) is 7.61. The van der Waals surface area contributed by atoms with Crippen LogP contribution in [-0.2, 0) is 9.53 Å². The molecule has 2 saturated carbocycles. The molecule has 0 bridgehead atoms. The minimum Gasteiger partial charge on any atom is -0.466 e. The quantitative estimate of drug-likeness (QED) is 0.759. The lowest BCUT2D eigenvalue weighted by Crippen LogP contribution is -2.48. The minimum atomic E-state index is -0.225. The smallest absolute Gasteiger partial charge is 0.313 e. The number of hydrogen-bond acceptors (Lipinski definition) is 3. The van der Waals surface area contributed by atoms with Gasteiger partial charge in [-0.05, 0) is 69.4 Å². The molecule has 0 unspecified atom stereocenters. The van der Waals surface area contributed by atoms with Crippen molar-refractivity contribution in [2.24, 2.45) is 11.3 Å². The molecule has 3 rings (SSSR count). The fraction of sp³-hybridized carbons (Fsp3) is 0.667. The molecule has 0 heterocycles. The van der Waals surface area contributed by atoms with Crippen molar-refractivity contribution in [3.05, 3.63) is 35.9 Å². The fourth-order valence-electron chi connectivity index (χ4n) is 4.28. The van der Waals surface area contributed by atoms with Crippen LogP contribution in [0.5, 0.6) is 0 Å². The van der Waals surface area contributed by atoms with Gasteiger partial charge < -0.3 is 10.1 Å². The van der Waals surface area contributed by atoms with Gasteiger partial charge in [-0.25, -0.2) is 0 Å². The SMILES string of the molecule is CCOC(=O)C1(CNCC2CCC(c3ccccc3)CC2)CCC1. The van der Waals surface area contributed by atoms with Crippen molar-refractivity contribution in [2.75, 3.05) is 19.7 Å². The highest BCUT2D eigenvalue weighted by Crippen LogP contribution is 2.42. The maximum atomic E-state index is 12.2. The number of benzene rings is 1. The first kappa shape index (κ1) is 17.5. The van der Waals surface area contributed by atoms with E-state index in [0.717, 1.165) is 44.2 Å². The lowest BCUT2D eigenvalue weighted by Gasteiger charge is -2.40. The van der Waals surface area contributed by atoms with Crippen LogP contribution in [0.2, 0.25) is 0 Å². The molecule has 0 saturated heterocycles. The van der Waals surface area contributed by atoms with Gasteiger partial charge in [0.1, 0.15) is 0 Å². The van der Waals surface area contributed by atoms with Gasteiger partial charge in [0.05, 0.1) is 12.0 Å². The Balaban J connectivity index is 1.40. The highest BCUT2D eigenvalue weighted by molar-refractivity contribution is 5.78. The average Bonchev–Trinajstić information content (AvgIpc) is 2.59. The molecule has 24 heavy (non-hydrogen) atoms. The summed E-state index contributed by atoms with van der Waals surface area (Å²) in [4.78, 5) is 12.2. The van der Waals surface area contributed by atoms with Gasteiger partial charge in [-0.1, -0.05) is 36.8 Å². The summed E-state index contributed by atoms with van der Waals surface area (Å²) in [6.07, 6.45) is 8.29. The van der Waals surface area contributed by atoms with Crippen LogP contribution in [0.4, 0.5) is 0 Å². The van der Waals surface area contributed by atoms with Crippen LogP contribution in [0.15, 0.2) is 30.3 Å². The zero-order valence-corrected chi connectivity index (χ0v) is 14.9. The van der Waals surface area contributed by atoms with Crippen molar-refractivity contribution in [3.8, 4) is 0 Å². The van der Waals surface area contributed by atoms with Crippen LogP contribution in [0, 0.1) is 11.3 Å². The third kappa shape index (κ3) is 4.00. The van der Waals surface area contributed by atoms with E-state index in [2.05, 4.69) is 35.6 Å². The van der Waals surface area contributed by atoms with Gasteiger partial charge in [0.2, 0.25) is 0 Å². The molecule has 1 aromatic carbocycles. The van der Waals surface area contributed by atoms with E-state index < -0.39 is 0 Å². The molecule has 0 aromatic heterocycles.